The van der Waals surface area contributed by atoms with Gasteiger partial charge in [0.1, 0.15) is 5.82 Å². The highest BCUT2D eigenvalue weighted by Crippen LogP contribution is 2.41. The molecule has 7 nitrogen and oxygen atoms in total. The Hall–Kier alpha value is -1.57. The molecule has 102 valence electrons. The number of carbonyl (C=O) groups is 2. The number of amides is 1. The summed E-state index contributed by atoms with van der Waals surface area (Å²) in [5, 5.41) is 20.4. The lowest BCUT2D eigenvalue weighted by atomic mass is 10.2. The van der Waals surface area contributed by atoms with Crippen LogP contribution < -0.4 is 5.32 Å². The Morgan fingerprint density at radius 2 is 2.26 bits per heavy atom. The molecule has 0 aromatic carbocycles. The summed E-state index contributed by atoms with van der Waals surface area (Å²) >= 11 is 1.16. The lowest BCUT2D eigenvalue weighted by Gasteiger charge is -2.14. The van der Waals surface area contributed by atoms with Crippen molar-refractivity contribution in [3.63, 3.8) is 0 Å². The normalized spacial score (nSPS) is 22.5. The fourth-order valence-electron chi connectivity index (χ4n) is 2.25. The number of hydrogen-bond acceptors (Lipinski definition) is 5. The average Bonchev–Trinajstić information content (AvgIpc) is 2.98. The first kappa shape index (κ1) is 12.5. The Kier molecular flexibility index (Phi) is 3.17. The van der Waals surface area contributed by atoms with Gasteiger partial charge < -0.3 is 15.0 Å². The molecule has 2 aliphatic rings. The number of carbonyl (C=O) groups excluding carboxylic acids is 1. The molecular formula is C11H14N4O3S. The van der Waals surface area contributed by atoms with Crippen LogP contribution in [0.5, 0.6) is 0 Å². The second-order valence-corrected chi connectivity index (χ2v) is 5.77. The first-order valence-corrected chi connectivity index (χ1v) is 7.20. The molecule has 1 amide bonds. The highest BCUT2D eigenvalue weighted by Gasteiger charge is 2.35. The summed E-state index contributed by atoms with van der Waals surface area (Å²) in [5.74, 6) is 0.413. The Morgan fingerprint density at radius 3 is 2.84 bits per heavy atom. The van der Waals surface area contributed by atoms with E-state index in [0.29, 0.717) is 24.0 Å². The second-order valence-electron chi connectivity index (χ2n) is 4.83. The molecule has 3 rings (SSSR count). The lowest BCUT2D eigenvalue weighted by Crippen LogP contribution is -2.17. The molecule has 1 saturated heterocycles. The number of carboxylic acid groups (broad SMARTS) is 1. The maximum atomic E-state index is 11.4. The Labute approximate surface area is 113 Å². The molecule has 1 atom stereocenters. The van der Waals surface area contributed by atoms with Crippen LogP contribution >= 0.6 is 11.8 Å². The Balaban J connectivity index is 1.86. The molecule has 1 unspecified atom stereocenters. The third-order valence-electron chi connectivity index (χ3n) is 3.28. The van der Waals surface area contributed by atoms with Crippen LogP contribution in [0.3, 0.4) is 0 Å². The van der Waals surface area contributed by atoms with Gasteiger partial charge in [-0.25, -0.2) is 0 Å². The van der Waals surface area contributed by atoms with Crippen molar-refractivity contribution in [2.75, 3.05) is 12.3 Å². The summed E-state index contributed by atoms with van der Waals surface area (Å²) in [6.07, 6.45) is 2.60. The van der Waals surface area contributed by atoms with Gasteiger partial charge in [0.05, 0.1) is 11.8 Å². The van der Waals surface area contributed by atoms with E-state index in [1.165, 1.54) is 0 Å². The van der Waals surface area contributed by atoms with Crippen LogP contribution in [-0.2, 0) is 9.59 Å². The largest absolute Gasteiger partial charge is 0.481 e. The standard InChI is InChI=1S/C11H14N4O3S/c16-8-3-7(4-12-8)15-10(6-1-2-6)13-14-11(15)19-5-9(17)18/h6-7H,1-5H2,(H,12,16)(H,17,18). The van der Waals surface area contributed by atoms with Crippen LogP contribution in [0, 0.1) is 0 Å². The molecule has 8 heteroatoms. The van der Waals surface area contributed by atoms with Crippen LogP contribution in [0.25, 0.3) is 0 Å². The molecule has 1 aliphatic heterocycles. The van der Waals surface area contributed by atoms with Crippen LogP contribution in [0.2, 0.25) is 0 Å². The van der Waals surface area contributed by atoms with Crippen molar-refractivity contribution in [2.45, 2.75) is 36.4 Å². The third kappa shape index (κ3) is 2.58. The third-order valence-corrected chi connectivity index (χ3v) is 4.21. The number of thioether (sulfide) groups is 1. The van der Waals surface area contributed by atoms with Gasteiger partial charge in [-0.15, -0.1) is 10.2 Å². The van der Waals surface area contributed by atoms with E-state index in [4.69, 9.17) is 5.11 Å². The van der Waals surface area contributed by atoms with E-state index in [9.17, 15) is 9.59 Å². The van der Waals surface area contributed by atoms with Crippen molar-refractivity contribution in [2.24, 2.45) is 0 Å². The fraction of sp³-hybridized carbons (Fsp3) is 0.636. The van der Waals surface area contributed by atoms with E-state index in [1.807, 2.05) is 4.57 Å². The molecule has 2 fully saturated rings. The fourth-order valence-corrected chi connectivity index (χ4v) is 2.98. The van der Waals surface area contributed by atoms with Crippen LogP contribution in [0.4, 0.5) is 0 Å². The zero-order chi connectivity index (χ0) is 13.4. The molecule has 0 bridgehead atoms. The topological polar surface area (TPSA) is 97.1 Å². The predicted molar refractivity (Wildman–Crippen MR) is 67.0 cm³/mol. The highest BCUT2D eigenvalue weighted by molar-refractivity contribution is 7.99. The monoisotopic (exact) mass is 282 g/mol. The molecule has 0 spiro atoms. The zero-order valence-corrected chi connectivity index (χ0v) is 11.0. The van der Waals surface area contributed by atoms with Crippen molar-refractivity contribution < 1.29 is 14.7 Å². The van der Waals surface area contributed by atoms with E-state index in [1.54, 1.807) is 0 Å². The summed E-state index contributed by atoms with van der Waals surface area (Å²) in [6.45, 7) is 0.567. The van der Waals surface area contributed by atoms with Crippen LogP contribution in [-0.4, -0.2) is 44.0 Å². The van der Waals surface area contributed by atoms with E-state index >= 15 is 0 Å². The predicted octanol–water partition coefficient (Wildman–Crippen LogP) is 0.393. The molecule has 2 N–H and O–H groups in total. The molecular weight excluding hydrogens is 268 g/mol. The smallest absolute Gasteiger partial charge is 0.313 e. The van der Waals surface area contributed by atoms with Crippen molar-refractivity contribution in [3.05, 3.63) is 5.82 Å². The lowest BCUT2D eigenvalue weighted by molar-refractivity contribution is -0.134. The zero-order valence-electron chi connectivity index (χ0n) is 10.2. The molecule has 1 aliphatic carbocycles. The number of carboxylic acids is 1. The molecule has 0 radical (unpaired) electrons. The quantitative estimate of drug-likeness (QED) is 0.758. The number of rotatable bonds is 5. The van der Waals surface area contributed by atoms with Gasteiger partial charge in [-0.05, 0) is 12.8 Å². The van der Waals surface area contributed by atoms with Gasteiger partial charge >= 0.3 is 5.97 Å². The minimum Gasteiger partial charge on any atom is -0.481 e. The van der Waals surface area contributed by atoms with Gasteiger partial charge in [0.25, 0.3) is 0 Å². The minimum absolute atomic E-state index is 0.00870. The van der Waals surface area contributed by atoms with Gasteiger partial charge in [0.2, 0.25) is 5.91 Å². The van der Waals surface area contributed by atoms with E-state index in [0.717, 1.165) is 30.4 Å². The second kappa shape index (κ2) is 4.84. The van der Waals surface area contributed by atoms with Gasteiger partial charge in [0.15, 0.2) is 5.16 Å². The van der Waals surface area contributed by atoms with Crippen molar-refractivity contribution in [3.8, 4) is 0 Å². The summed E-state index contributed by atoms with van der Waals surface area (Å²) < 4.78 is 1.96. The van der Waals surface area contributed by atoms with Crippen molar-refractivity contribution in [1.82, 2.24) is 20.1 Å². The summed E-state index contributed by atoms with van der Waals surface area (Å²) in [6, 6.07) is 0.00870. The van der Waals surface area contributed by atoms with Gasteiger partial charge in [-0.2, -0.15) is 0 Å². The van der Waals surface area contributed by atoms with Crippen LogP contribution in [0.1, 0.15) is 37.0 Å². The first-order chi connectivity index (χ1) is 9.15. The number of hydrogen-bond donors (Lipinski definition) is 2. The molecule has 19 heavy (non-hydrogen) atoms. The van der Waals surface area contributed by atoms with Crippen molar-refractivity contribution in [1.29, 1.82) is 0 Å². The number of aromatic nitrogens is 3. The molecule has 2 heterocycles. The molecule has 1 saturated carbocycles. The molecule has 1 aromatic heterocycles. The van der Waals surface area contributed by atoms with Crippen LogP contribution in [0.15, 0.2) is 5.16 Å². The summed E-state index contributed by atoms with van der Waals surface area (Å²) in [5.41, 5.74) is 0. The van der Waals surface area contributed by atoms with E-state index in [-0.39, 0.29) is 17.7 Å². The number of nitrogens with one attached hydrogen (secondary N) is 1. The van der Waals surface area contributed by atoms with Gasteiger partial charge in [-0.1, -0.05) is 11.8 Å². The average molecular weight is 282 g/mol. The highest BCUT2D eigenvalue weighted by atomic mass is 32.2. The minimum atomic E-state index is -0.881. The Morgan fingerprint density at radius 1 is 1.47 bits per heavy atom. The number of aliphatic carboxylic acids is 1. The number of nitrogens with zero attached hydrogens (tertiary/aromatic N) is 3. The maximum Gasteiger partial charge on any atom is 0.313 e. The maximum absolute atomic E-state index is 11.4. The van der Waals surface area contributed by atoms with E-state index < -0.39 is 5.97 Å². The molecule has 1 aromatic rings. The summed E-state index contributed by atoms with van der Waals surface area (Å²) in [4.78, 5) is 22.0. The van der Waals surface area contributed by atoms with Gasteiger partial charge in [-0.3, -0.25) is 9.59 Å². The van der Waals surface area contributed by atoms with Gasteiger partial charge in [0, 0.05) is 18.9 Å². The summed E-state index contributed by atoms with van der Waals surface area (Å²) in [7, 11) is 0. The SMILES string of the molecule is O=C(O)CSc1nnc(C2CC2)n1C1CNC(=O)C1. The van der Waals surface area contributed by atoms with E-state index in [2.05, 4.69) is 15.5 Å². The van der Waals surface area contributed by atoms with Crippen molar-refractivity contribution >= 4 is 23.6 Å². The first-order valence-electron chi connectivity index (χ1n) is 6.21. The Bertz CT molecular complexity index is 526.